The molecule has 0 aliphatic carbocycles. The van der Waals surface area contributed by atoms with Crippen molar-refractivity contribution in [2.75, 3.05) is 14.2 Å². The van der Waals surface area contributed by atoms with E-state index >= 15 is 0 Å². The van der Waals surface area contributed by atoms with E-state index in [0.29, 0.717) is 11.3 Å². The highest BCUT2D eigenvalue weighted by Crippen LogP contribution is 2.35. The summed E-state index contributed by atoms with van der Waals surface area (Å²) in [5.74, 6) is 1.36. The van der Waals surface area contributed by atoms with Crippen LogP contribution < -0.4 is 9.47 Å². The normalized spacial score (nSPS) is 12.1. The van der Waals surface area contributed by atoms with Gasteiger partial charge in [-0.3, -0.25) is 0 Å². The third-order valence-corrected chi connectivity index (χ3v) is 4.09. The second-order valence-electron chi connectivity index (χ2n) is 4.18. The van der Waals surface area contributed by atoms with Crippen LogP contribution in [0.3, 0.4) is 0 Å². The largest absolute Gasteiger partial charge is 0.496 e. The molecule has 0 saturated heterocycles. The third kappa shape index (κ3) is 3.16. The van der Waals surface area contributed by atoms with E-state index in [2.05, 4.69) is 31.9 Å². The lowest BCUT2D eigenvalue weighted by Crippen LogP contribution is -2.02. The van der Waals surface area contributed by atoms with Crippen LogP contribution in [0, 0.1) is 0 Å². The third-order valence-electron chi connectivity index (χ3n) is 2.98. The molecule has 0 aliphatic heterocycles. The van der Waals surface area contributed by atoms with Crippen molar-refractivity contribution >= 4 is 31.9 Å². The van der Waals surface area contributed by atoms with Gasteiger partial charge in [-0.1, -0.05) is 28.1 Å². The van der Waals surface area contributed by atoms with E-state index < -0.39 is 6.10 Å². The highest BCUT2D eigenvalue weighted by Gasteiger charge is 2.17. The van der Waals surface area contributed by atoms with Crippen LogP contribution in [-0.2, 0) is 0 Å². The number of aliphatic hydroxyl groups is 1. The van der Waals surface area contributed by atoms with Gasteiger partial charge in [-0.2, -0.15) is 0 Å². The molecule has 1 unspecified atom stereocenters. The molecule has 0 radical (unpaired) electrons. The van der Waals surface area contributed by atoms with Gasteiger partial charge in [0.05, 0.1) is 18.7 Å². The van der Waals surface area contributed by atoms with Crippen LogP contribution in [0.15, 0.2) is 45.3 Å². The minimum absolute atomic E-state index is 0.638. The van der Waals surface area contributed by atoms with Crippen LogP contribution in [0.1, 0.15) is 17.2 Å². The Balaban J connectivity index is 2.40. The van der Waals surface area contributed by atoms with E-state index in [1.807, 2.05) is 36.4 Å². The summed E-state index contributed by atoms with van der Waals surface area (Å²) in [7, 11) is 3.19. The zero-order valence-corrected chi connectivity index (χ0v) is 14.2. The van der Waals surface area contributed by atoms with Crippen molar-refractivity contribution < 1.29 is 14.6 Å². The average molecular weight is 402 g/mol. The van der Waals surface area contributed by atoms with Crippen molar-refractivity contribution in [2.45, 2.75) is 6.10 Å². The molecule has 2 aromatic carbocycles. The van der Waals surface area contributed by atoms with Crippen molar-refractivity contribution in [3.05, 3.63) is 56.5 Å². The molecule has 3 nitrogen and oxygen atoms in total. The number of halogens is 2. The zero-order valence-electron chi connectivity index (χ0n) is 11.1. The van der Waals surface area contributed by atoms with Crippen molar-refractivity contribution in [3.8, 4) is 11.5 Å². The first-order valence-corrected chi connectivity index (χ1v) is 7.50. The maximum absolute atomic E-state index is 10.5. The Morgan fingerprint density at radius 1 is 0.950 bits per heavy atom. The molecule has 106 valence electrons. The van der Waals surface area contributed by atoms with E-state index in [1.54, 1.807) is 14.2 Å². The number of benzene rings is 2. The van der Waals surface area contributed by atoms with Crippen molar-refractivity contribution in [1.82, 2.24) is 0 Å². The predicted octanol–water partition coefficient (Wildman–Crippen LogP) is 4.31. The number of ether oxygens (including phenoxy) is 2. The number of hydrogen-bond acceptors (Lipinski definition) is 3. The van der Waals surface area contributed by atoms with Gasteiger partial charge in [-0.25, -0.2) is 0 Å². The maximum Gasteiger partial charge on any atom is 0.133 e. The molecule has 20 heavy (non-hydrogen) atoms. The first-order chi connectivity index (χ1) is 9.56. The van der Waals surface area contributed by atoms with Gasteiger partial charge < -0.3 is 14.6 Å². The monoisotopic (exact) mass is 400 g/mol. The molecule has 2 aromatic rings. The smallest absolute Gasteiger partial charge is 0.133 e. The molecule has 0 fully saturated rings. The summed E-state index contributed by atoms with van der Waals surface area (Å²) in [5.41, 5.74) is 1.48. The fourth-order valence-corrected chi connectivity index (χ4v) is 2.84. The topological polar surface area (TPSA) is 38.7 Å². The van der Waals surface area contributed by atoms with Gasteiger partial charge in [0, 0.05) is 10.0 Å². The number of rotatable bonds is 4. The lowest BCUT2D eigenvalue weighted by atomic mass is 10.0. The Bertz CT molecular complexity index is 614. The quantitative estimate of drug-likeness (QED) is 0.829. The molecule has 0 heterocycles. The van der Waals surface area contributed by atoms with Gasteiger partial charge in [0.1, 0.15) is 17.6 Å². The summed E-state index contributed by atoms with van der Waals surface area (Å²) in [6, 6.07) is 11.0. The SMILES string of the molecule is COc1ccc(C(O)c2ccc(Br)cc2OC)cc1Br. The van der Waals surface area contributed by atoms with Crippen molar-refractivity contribution in [2.24, 2.45) is 0 Å². The van der Waals surface area contributed by atoms with Crippen molar-refractivity contribution in [3.63, 3.8) is 0 Å². The molecule has 0 aromatic heterocycles. The lowest BCUT2D eigenvalue weighted by molar-refractivity contribution is 0.214. The number of aliphatic hydroxyl groups excluding tert-OH is 1. The summed E-state index contributed by atoms with van der Waals surface area (Å²) in [6.07, 6.45) is -0.764. The first-order valence-electron chi connectivity index (χ1n) is 5.91. The standard InChI is InChI=1S/C15H14Br2O3/c1-19-13-6-3-9(7-12(13)17)15(18)11-5-4-10(16)8-14(11)20-2/h3-8,15,18H,1-2H3. The van der Waals surface area contributed by atoms with Crippen LogP contribution in [0.25, 0.3) is 0 Å². The Morgan fingerprint density at radius 3 is 2.25 bits per heavy atom. The highest BCUT2D eigenvalue weighted by molar-refractivity contribution is 9.10. The molecule has 2 rings (SSSR count). The van der Waals surface area contributed by atoms with Gasteiger partial charge in [-0.15, -0.1) is 0 Å². The number of hydrogen-bond donors (Lipinski definition) is 1. The van der Waals surface area contributed by atoms with Crippen molar-refractivity contribution in [1.29, 1.82) is 0 Å². The number of methoxy groups -OCH3 is 2. The van der Waals surface area contributed by atoms with Crippen LogP contribution >= 0.6 is 31.9 Å². The van der Waals surface area contributed by atoms with Gasteiger partial charge in [0.2, 0.25) is 0 Å². The second kappa shape index (κ2) is 6.61. The summed E-state index contributed by atoms with van der Waals surface area (Å²) >= 11 is 6.81. The van der Waals surface area contributed by atoms with E-state index in [9.17, 15) is 5.11 Å². The van der Waals surface area contributed by atoms with Crippen LogP contribution in [0.2, 0.25) is 0 Å². The highest BCUT2D eigenvalue weighted by atomic mass is 79.9. The van der Waals surface area contributed by atoms with Gasteiger partial charge >= 0.3 is 0 Å². The van der Waals surface area contributed by atoms with Gasteiger partial charge in [0.15, 0.2) is 0 Å². The zero-order chi connectivity index (χ0) is 14.7. The predicted molar refractivity (Wildman–Crippen MR) is 85.4 cm³/mol. The summed E-state index contributed by atoms with van der Waals surface area (Å²) < 4.78 is 12.2. The van der Waals surface area contributed by atoms with Crippen LogP contribution in [0.4, 0.5) is 0 Å². The first kappa shape index (κ1) is 15.4. The van der Waals surface area contributed by atoms with Crippen LogP contribution in [0.5, 0.6) is 11.5 Å². The molecular formula is C15H14Br2O3. The van der Waals surface area contributed by atoms with E-state index in [4.69, 9.17) is 9.47 Å². The molecule has 1 atom stereocenters. The summed E-state index contributed by atoms with van der Waals surface area (Å²) in [6.45, 7) is 0. The van der Waals surface area contributed by atoms with E-state index in [1.165, 1.54) is 0 Å². The maximum atomic E-state index is 10.5. The molecule has 0 amide bonds. The fourth-order valence-electron chi connectivity index (χ4n) is 1.94. The minimum Gasteiger partial charge on any atom is -0.496 e. The average Bonchev–Trinajstić information content (AvgIpc) is 2.46. The summed E-state index contributed by atoms with van der Waals surface area (Å²) in [4.78, 5) is 0. The minimum atomic E-state index is -0.764. The lowest BCUT2D eigenvalue weighted by Gasteiger charge is -2.16. The molecule has 0 spiro atoms. The van der Waals surface area contributed by atoms with Gasteiger partial charge in [0.25, 0.3) is 0 Å². The second-order valence-corrected chi connectivity index (χ2v) is 5.95. The van der Waals surface area contributed by atoms with Crippen LogP contribution in [-0.4, -0.2) is 19.3 Å². The molecule has 1 N–H and O–H groups in total. The van der Waals surface area contributed by atoms with E-state index in [0.717, 1.165) is 20.3 Å². The Kier molecular flexibility index (Phi) is 5.07. The van der Waals surface area contributed by atoms with E-state index in [-0.39, 0.29) is 0 Å². The molecule has 0 bridgehead atoms. The summed E-state index contributed by atoms with van der Waals surface area (Å²) in [5, 5.41) is 10.5. The molecule has 5 heteroatoms. The van der Waals surface area contributed by atoms with Gasteiger partial charge in [-0.05, 0) is 45.8 Å². The Labute approximate surface area is 134 Å². The Morgan fingerprint density at radius 2 is 1.65 bits per heavy atom. The fraction of sp³-hybridized carbons (Fsp3) is 0.200. The molecule has 0 saturated carbocycles. The molecule has 0 aliphatic rings. The Hall–Kier alpha value is -1.04. The molecular weight excluding hydrogens is 388 g/mol.